The summed E-state index contributed by atoms with van der Waals surface area (Å²) in [5.41, 5.74) is 8.05. The summed E-state index contributed by atoms with van der Waals surface area (Å²) in [7, 11) is 0. The number of rotatable bonds is 3. The lowest BCUT2D eigenvalue weighted by Gasteiger charge is -2.24. The van der Waals surface area contributed by atoms with Crippen molar-refractivity contribution in [3.8, 4) is 0 Å². The minimum atomic E-state index is 0.425. The molecule has 1 aromatic carbocycles. The molecule has 1 aromatic rings. The van der Waals surface area contributed by atoms with Crippen LogP contribution < -0.4 is 11.1 Å². The van der Waals surface area contributed by atoms with E-state index in [9.17, 15) is 0 Å². The summed E-state index contributed by atoms with van der Waals surface area (Å²) in [4.78, 5) is 0. The third-order valence-electron chi connectivity index (χ3n) is 3.53. The van der Waals surface area contributed by atoms with Gasteiger partial charge in [-0.1, -0.05) is 31.4 Å². The zero-order valence-corrected chi connectivity index (χ0v) is 10.5. The molecule has 2 rings (SSSR count). The first-order chi connectivity index (χ1) is 7.59. The van der Waals surface area contributed by atoms with Crippen molar-refractivity contribution in [1.29, 1.82) is 0 Å². The lowest BCUT2D eigenvalue weighted by molar-refractivity contribution is 0.362. The van der Waals surface area contributed by atoms with Gasteiger partial charge >= 0.3 is 0 Å². The fourth-order valence-electron chi connectivity index (χ4n) is 2.40. The van der Waals surface area contributed by atoms with Gasteiger partial charge in [0.2, 0.25) is 0 Å². The maximum absolute atomic E-state index is 5.95. The third kappa shape index (κ3) is 2.62. The minimum absolute atomic E-state index is 0.425. The summed E-state index contributed by atoms with van der Waals surface area (Å²) >= 11 is 5.95. The Hall–Kier alpha value is -0.890. The molecule has 0 radical (unpaired) electrons. The van der Waals surface area contributed by atoms with Crippen LogP contribution in [0, 0.1) is 5.41 Å². The highest BCUT2D eigenvalue weighted by Gasteiger charge is 2.28. The van der Waals surface area contributed by atoms with Gasteiger partial charge in [-0.3, -0.25) is 0 Å². The quantitative estimate of drug-likeness (QED) is 0.784. The molecule has 0 heterocycles. The van der Waals surface area contributed by atoms with Crippen LogP contribution in [0.25, 0.3) is 0 Å². The van der Waals surface area contributed by atoms with Crippen molar-refractivity contribution >= 4 is 23.0 Å². The van der Waals surface area contributed by atoms with Crippen LogP contribution in [0.15, 0.2) is 18.2 Å². The van der Waals surface area contributed by atoms with Crippen LogP contribution in [-0.4, -0.2) is 6.54 Å². The van der Waals surface area contributed by atoms with Gasteiger partial charge in [-0.2, -0.15) is 0 Å². The summed E-state index contributed by atoms with van der Waals surface area (Å²) in [6.07, 6.45) is 5.31. The maximum atomic E-state index is 5.95. The predicted octanol–water partition coefficient (Wildman–Crippen LogP) is 3.91. The Balaban J connectivity index is 2.01. The zero-order chi connectivity index (χ0) is 11.6. The van der Waals surface area contributed by atoms with Gasteiger partial charge in [-0.15, -0.1) is 0 Å². The van der Waals surface area contributed by atoms with Gasteiger partial charge in [-0.05, 0) is 36.5 Å². The van der Waals surface area contributed by atoms with Gasteiger partial charge in [0.25, 0.3) is 0 Å². The van der Waals surface area contributed by atoms with E-state index in [0.717, 1.165) is 22.9 Å². The van der Waals surface area contributed by atoms with Crippen molar-refractivity contribution in [3.63, 3.8) is 0 Å². The zero-order valence-electron chi connectivity index (χ0n) is 9.72. The molecule has 0 atom stereocenters. The number of anilines is 2. The van der Waals surface area contributed by atoms with E-state index in [1.54, 1.807) is 0 Å². The van der Waals surface area contributed by atoms with Gasteiger partial charge in [0, 0.05) is 11.6 Å². The van der Waals surface area contributed by atoms with E-state index >= 15 is 0 Å². The molecule has 0 unspecified atom stereocenters. The molecular weight excluding hydrogens is 220 g/mol. The number of benzene rings is 1. The number of halogens is 1. The maximum Gasteiger partial charge on any atom is 0.0589 e. The van der Waals surface area contributed by atoms with E-state index < -0.39 is 0 Å². The highest BCUT2D eigenvalue weighted by Crippen LogP contribution is 2.38. The van der Waals surface area contributed by atoms with Crippen LogP contribution in [-0.2, 0) is 0 Å². The predicted molar refractivity (Wildman–Crippen MR) is 70.9 cm³/mol. The number of nitrogens with one attached hydrogen (secondary N) is 1. The average Bonchev–Trinajstić information content (AvgIpc) is 2.67. The van der Waals surface area contributed by atoms with Crippen LogP contribution in [0.3, 0.4) is 0 Å². The molecule has 3 heteroatoms. The van der Waals surface area contributed by atoms with E-state index in [0.29, 0.717) is 5.41 Å². The van der Waals surface area contributed by atoms with Crippen LogP contribution in [0.4, 0.5) is 11.4 Å². The number of hydrogen-bond acceptors (Lipinski definition) is 2. The first kappa shape index (κ1) is 11.6. The van der Waals surface area contributed by atoms with Crippen molar-refractivity contribution in [2.45, 2.75) is 32.6 Å². The van der Waals surface area contributed by atoms with Gasteiger partial charge in [0.1, 0.15) is 0 Å². The molecule has 0 bridgehead atoms. The van der Waals surface area contributed by atoms with Crippen LogP contribution in [0.5, 0.6) is 0 Å². The van der Waals surface area contributed by atoms with E-state index in [1.165, 1.54) is 25.7 Å². The molecule has 0 aliphatic heterocycles. The van der Waals surface area contributed by atoms with Gasteiger partial charge in [-0.25, -0.2) is 0 Å². The molecule has 2 nitrogen and oxygen atoms in total. The van der Waals surface area contributed by atoms with Crippen molar-refractivity contribution in [1.82, 2.24) is 0 Å². The van der Waals surface area contributed by atoms with Crippen molar-refractivity contribution in [2.75, 3.05) is 17.6 Å². The molecular formula is C13H19ClN2. The van der Waals surface area contributed by atoms with Crippen LogP contribution >= 0.6 is 11.6 Å². The van der Waals surface area contributed by atoms with E-state index in [4.69, 9.17) is 17.3 Å². The topological polar surface area (TPSA) is 38.0 Å². The van der Waals surface area contributed by atoms with Crippen LogP contribution in [0.1, 0.15) is 32.6 Å². The fourth-order valence-corrected chi connectivity index (χ4v) is 2.57. The lowest BCUT2D eigenvalue weighted by atomic mass is 9.89. The Kier molecular flexibility index (Phi) is 3.29. The summed E-state index contributed by atoms with van der Waals surface area (Å²) in [5, 5.41) is 4.16. The summed E-state index contributed by atoms with van der Waals surface area (Å²) in [6, 6.07) is 5.57. The first-order valence-corrected chi connectivity index (χ1v) is 6.26. The lowest BCUT2D eigenvalue weighted by Crippen LogP contribution is -2.23. The molecule has 1 fully saturated rings. The molecule has 16 heavy (non-hydrogen) atoms. The second-order valence-corrected chi connectivity index (χ2v) is 5.54. The Bertz CT molecular complexity index is 370. The molecule has 1 aliphatic rings. The molecule has 1 aliphatic carbocycles. The average molecular weight is 239 g/mol. The van der Waals surface area contributed by atoms with E-state index in [1.807, 2.05) is 18.2 Å². The van der Waals surface area contributed by atoms with Crippen molar-refractivity contribution in [2.24, 2.45) is 5.41 Å². The summed E-state index contributed by atoms with van der Waals surface area (Å²) < 4.78 is 0. The molecule has 88 valence electrons. The molecule has 1 saturated carbocycles. The highest BCUT2D eigenvalue weighted by molar-refractivity contribution is 6.31. The number of nitrogens with two attached hydrogens (primary N) is 1. The Morgan fingerprint density at radius 1 is 1.38 bits per heavy atom. The SMILES string of the molecule is CC1(CNc2cc(Cl)ccc2N)CCCC1. The van der Waals surface area contributed by atoms with E-state index in [-0.39, 0.29) is 0 Å². The van der Waals surface area contributed by atoms with Crippen LogP contribution in [0.2, 0.25) is 5.02 Å². The molecule has 0 spiro atoms. The fraction of sp³-hybridized carbons (Fsp3) is 0.538. The van der Waals surface area contributed by atoms with Crippen molar-refractivity contribution < 1.29 is 0 Å². The van der Waals surface area contributed by atoms with Gasteiger partial charge in [0.05, 0.1) is 11.4 Å². The summed E-state index contributed by atoms with van der Waals surface area (Å²) in [5.74, 6) is 0. The normalized spacial score (nSPS) is 18.6. The van der Waals surface area contributed by atoms with Crippen molar-refractivity contribution in [3.05, 3.63) is 23.2 Å². The summed E-state index contributed by atoms with van der Waals surface area (Å²) in [6.45, 7) is 3.32. The molecule has 0 amide bonds. The second kappa shape index (κ2) is 4.54. The highest BCUT2D eigenvalue weighted by atomic mass is 35.5. The Morgan fingerprint density at radius 2 is 2.06 bits per heavy atom. The Morgan fingerprint density at radius 3 is 2.75 bits per heavy atom. The second-order valence-electron chi connectivity index (χ2n) is 5.10. The monoisotopic (exact) mass is 238 g/mol. The Labute approximate surface area is 102 Å². The molecule has 0 aromatic heterocycles. The molecule has 0 saturated heterocycles. The first-order valence-electron chi connectivity index (χ1n) is 5.88. The number of nitrogen functional groups attached to an aromatic ring is 1. The van der Waals surface area contributed by atoms with Gasteiger partial charge < -0.3 is 11.1 Å². The minimum Gasteiger partial charge on any atom is -0.397 e. The standard InChI is InChI=1S/C13H19ClN2/c1-13(6-2-3-7-13)9-16-12-8-10(14)4-5-11(12)15/h4-5,8,16H,2-3,6-7,9,15H2,1H3. The van der Waals surface area contributed by atoms with E-state index in [2.05, 4.69) is 12.2 Å². The largest absolute Gasteiger partial charge is 0.397 e. The van der Waals surface area contributed by atoms with Gasteiger partial charge in [0.15, 0.2) is 0 Å². The smallest absolute Gasteiger partial charge is 0.0589 e. The third-order valence-corrected chi connectivity index (χ3v) is 3.77. The number of hydrogen-bond donors (Lipinski definition) is 2. The molecule has 3 N–H and O–H groups in total.